The van der Waals surface area contributed by atoms with Crippen molar-refractivity contribution in [2.75, 3.05) is 6.54 Å². The van der Waals surface area contributed by atoms with Gasteiger partial charge in [-0.3, -0.25) is 9.47 Å². The summed E-state index contributed by atoms with van der Waals surface area (Å²) in [6, 6.07) is 8.45. The van der Waals surface area contributed by atoms with Crippen LogP contribution in [0, 0.1) is 0 Å². The van der Waals surface area contributed by atoms with Crippen molar-refractivity contribution in [1.82, 2.24) is 14.5 Å². The molecule has 5 heteroatoms. The third kappa shape index (κ3) is 2.72. The monoisotopic (exact) mass is 315 g/mol. The molecule has 0 radical (unpaired) electrons. The molecule has 1 aliphatic heterocycles. The molecule has 23 heavy (non-hydrogen) atoms. The smallest absolute Gasteiger partial charge is 0.327 e. The zero-order valence-electron chi connectivity index (χ0n) is 13.4. The number of likely N-dealkylation sites (tertiary alicyclic amines) is 1. The zero-order valence-corrected chi connectivity index (χ0v) is 13.4. The largest absolute Gasteiger partial charge is 0.393 e. The molecule has 5 nitrogen and oxygen atoms in total. The predicted octanol–water partition coefficient (Wildman–Crippen LogP) is 2.62. The van der Waals surface area contributed by atoms with Gasteiger partial charge in [0, 0.05) is 12.6 Å². The SMILES string of the molecule is O=c1[nH]c2ccccc2n1C1CCCCN1C1CCC(O)CC1. The van der Waals surface area contributed by atoms with Crippen LogP contribution >= 0.6 is 0 Å². The summed E-state index contributed by atoms with van der Waals surface area (Å²) < 4.78 is 1.96. The fraction of sp³-hybridized carbons (Fsp3) is 0.611. The molecule has 0 bridgehead atoms. The van der Waals surface area contributed by atoms with E-state index in [2.05, 4.69) is 9.88 Å². The minimum atomic E-state index is -0.134. The van der Waals surface area contributed by atoms with Crippen LogP contribution in [0.5, 0.6) is 0 Å². The number of hydrogen-bond donors (Lipinski definition) is 2. The Hall–Kier alpha value is -1.59. The van der Waals surface area contributed by atoms with Gasteiger partial charge in [0.15, 0.2) is 0 Å². The van der Waals surface area contributed by atoms with Crippen LogP contribution in [0.3, 0.4) is 0 Å². The minimum absolute atomic E-state index is 0.000978. The predicted molar refractivity (Wildman–Crippen MR) is 90.4 cm³/mol. The van der Waals surface area contributed by atoms with Gasteiger partial charge in [-0.1, -0.05) is 12.1 Å². The molecule has 1 saturated carbocycles. The molecule has 124 valence electrons. The van der Waals surface area contributed by atoms with Gasteiger partial charge in [0.05, 0.1) is 23.3 Å². The maximum atomic E-state index is 12.6. The van der Waals surface area contributed by atoms with Gasteiger partial charge < -0.3 is 10.1 Å². The van der Waals surface area contributed by atoms with Gasteiger partial charge >= 0.3 is 5.69 Å². The molecule has 1 unspecified atom stereocenters. The van der Waals surface area contributed by atoms with Crippen molar-refractivity contribution >= 4 is 11.0 Å². The molecular weight excluding hydrogens is 290 g/mol. The summed E-state index contributed by atoms with van der Waals surface area (Å²) in [5.74, 6) is 0. The fourth-order valence-electron chi connectivity index (χ4n) is 4.40. The summed E-state index contributed by atoms with van der Waals surface area (Å²) in [4.78, 5) is 18.1. The first-order chi connectivity index (χ1) is 11.2. The number of piperidine rings is 1. The van der Waals surface area contributed by atoms with Crippen molar-refractivity contribution in [3.05, 3.63) is 34.7 Å². The van der Waals surface area contributed by atoms with E-state index in [-0.39, 0.29) is 18.0 Å². The Kier molecular flexibility index (Phi) is 3.99. The number of H-pyrrole nitrogens is 1. The molecule has 0 amide bonds. The molecule has 1 aromatic carbocycles. The molecule has 0 spiro atoms. The van der Waals surface area contributed by atoms with Crippen LogP contribution < -0.4 is 5.69 Å². The Balaban J connectivity index is 1.69. The highest BCUT2D eigenvalue weighted by Crippen LogP contribution is 2.34. The first-order valence-corrected chi connectivity index (χ1v) is 8.87. The summed E-state index contributed by atoms with van der Waals surface area (Å²) in [5.41, 5.74) is 1.92. The van der Waals surface area contributed by atoms with Gasteiger partial charge in [-0.25, -0.2) is 4.79 Å². The standard InChI is InChI=1S/C18H25N3O2/c22-14-10-8-13(9-11-14)20-12-4-3-7-17(20)21-16-6-2-1-5-15(16)19-18(21)23/h1-2,5-6,13-14,17,22H,3-4,7-12H2,(H,19,23). The van der Waals surface area contributed by atoms with Gasteiger partial charge in [-0.05, 0) is 57.1 Å². The van der Waals surface area contributed by atoms with Crippen molar-refractivity contribution < 1.29 is 5.11 Å². The number of aromatic amines is 1. The van der Waals surface area contributed by atoms with Gasteiger partial charge in [-0.15, -0.1) is 0 Å². The molecule has 1 atom stereocenters. The van der Waals surface area contributed by atoms with Gasteiger partial charge in [0.1, 0.15) is 0 Å². The molecule has 1 saturated heterocycles. The van der Waals surface area contributed by atoms with E-state index >= 15 is 0 Å². The highest BCUT2D eigenvalue weighted by atomic mass is 16.3. The molecule has 2 aromatic rings. The number of imidazole rings is 1. The third-order valence-electron chi connectivity index (χ3n) is 5.57. The Morgan fingerprint density at radius 3 is 2.65 bits per heavy atom. The minimum Gasteiger partial charge on any atom is -0.393 e. The molecule has 2 N–H and O–H groups in total. The van der Waals surface area contributed by atoms with Crippen LogP contribution in [0.2, 0.25) is 0 Å². The van der Waals surface area contributed by atoms with E-state index in [1.165, 1.54) is 12.8 Å². The first kappa shape index (κ1) is 15.0. The lowest BCUT2D eigenvalue weighted by Crippen LogP contribution is -2.47. The van der Waals surface area contributed by atoms with Crippen LogP contribution in [0.4, 0.5) is 0 Å². The second-order valence-electron chi connectivity index (χ2n) is 6.99. The van der Waals surface area contributed by atoms with E-state index in [1.54, 1.807) is 0 Å². The summed E-state index contributed by atoms with van der Waals surface area (Å²) >= 11 is 0. The Morgan fingerprint density at radius 2 is 1.83 bits per heavy atom. The lowest BCUT2D eigenvalue weighted by Gasteiger charge is -2.43. The van der Waals surface area contributed by atoms with Crippen LogP contribution in [0.15, 0.2) is 29.1 Å². The van der Waals surface area contributed by atoms with E-state index in [1.807, 2.05) is 28.8 Å². The summed E-state index contributed by atoms with van der Waals surface area (Å²) in [6.07, 6.45) is 7.25. The van der Waals surface area contributed by atoms with E-state index in [0.29, 0.717) is 6.04 Å². The van der Waals surface area contributed by atoms with Crippen LogP contribution in [-0.4, -0.2) is 38.2 Å². The van der Waals surface area contributed by atoms with E-state index in [9.17, 15) is 9.90 Å². The van der Waals surface area contributed by atoms with Crippen LogP contribution in [0.1, 0.15) is 51.1 Å². The van der Waals surface area contributed by atoms with Crippen molar-refractivity contribution in [1.29, 1.82) is 0 Å². The normalized spacial score (nSPS) is 29.9. The number of nitrogens with zero attached hydrogens (tertiary/aromatic N) is 2. The van der Waals surface area contributed by atoms with Crippen molar-refractivity contribution in [2.24, 2.45) is 0 Å². The molecule has 2 fully saturated rings. The molecule has 4 rings (SSSR count). The number of hydrogen-bond acceptors (Lipinski definition) is 3. The topological polar surface area (TPSA) is 61.3 Å². The number of benzene rings is 1. The van der Waals surface area contributed by atoms with Crippen molar-refractivity contribution in [3.63, 3.8) is 0 Å². The number of rotatable bonds is 2. The highest BCUT2D eigenvalue weighted by molar-refractivity contribution is 5.75. The average molecular weight is 315 g/mol. The third-order valence-corrected chi connectivity index (χ3v) is 5.57. The highest BCUT2D eigenvalue weighted by Gasteiger charge is 2.33. The molecule has 1 aromatic heterocycles. The van der Waals surface area contributed by atoms with Crippen molar-refractivity contribution in [3.8, 4) is 0 Å². The maximum absolute atomic E-state index is 12.6. The summed E-state index contributed by atoms with van der Waals surface area (Å²) in [5, 5.41) is 9.78. The van der Waals surface area contributed by atoms with Crippen molar-refractivity contribution in [2.45, 2.75) is 63.3 Å². The molecular formula is C18H25N3O2. The van der Waals surface area contributed by atoms with E-state index in [0.717, 1.165) is 49.7 Å². The zero-order chi connectivity index (χ0) is 15.8. The second kappa shape index (κ2) is 6.13. The number of nitrogens with one attached hydrogen (secondary N) is 1. The van der Waals surface area contributed by atoms with Crippen LogP contribution in [-0.2, 0) is 0 Å². The van der Waals surface area contributed by atoms with Gasteiger partial charge in [-0.2, -0.15) is 0 Å². The lowest BCUT2D eigenvalue weighted by molar-refractivity contribution is 0.00945. The van der Waals surface area contributed by atoms with Gasteiger partial charge in [0.2, 0.25) is 0 Å². The maximum Gasteiger partial charge on any atom is 0.327 e. The second-order valence-corrected chi connectivity index (χ2v) is 6.99. The van der Waals surface area contributed by atoms with E-state index in [4.69, 9.17) is 0 Å². The number of fused-ring (bicyclic) bond motifs is 1. The Morgan fingerprint density at radius 1 is 1.04 bits per heavy atom. The lowest BCUT2D eigenvalue weighted by atomic mass is 9.90. The number of aliphatic hydroxyl groups is 1. The number of para-hydroxylation sites is 2. The molecule has 2 heterocycles. The average Bonchev–Trinajstić information content (AvgIpc) is 2.91. The van der Waals surface area contributed by atoms with Gasteiger partial charge in [0.25, 0.3) is 0 Å². The Labute approximate surface area is 135 Å². The number of aromatic nitrogens is 2. The quantitative estimate of drug-likeness (QED) is 0.895. The summed E-state index contributed by atoms with van der Waals surface area (Å²) in [6.45, 7) is 1.05. The van der Waals surface area contributed by atoms with E-state index < -0.39 is 0 Å². The molecule has 2 aliphatic rings. The number of aliphatic hydroxyl groups excluding tert-OH is 1. The Bertz CT molecular complexity index is 727. The molecule has 1 aliphatic carbocycles. The fourth-order valence-corrected chi connectivity index (χ4v) is 4.40. The van der Waals surface area contributed by atoms with Crippen LogP contribution in [0.25, 0.3) is 11.0 Å². The first-order valence-electron chi connectivity index (χ1n) is 8.87. The summed E-state index contributed by atoms with van der Waals surface area (Å²) in [7, 11) is 0.